The number of hydrogen-bond acceptors (Lipinski definition) is 2. The summed E-state index contributed by atoms with van der Waals surface area (Å²) in [5.41, 5.74) is 1.44. The van der Waals surface area contributed by atoms with Gasteiger partial charge in [0.25, 0.3) is 0 Å². The maximum absolute atomic E-state index is 5.28. The number of benzene rings is 1. The minimum absolute atomic E-state index is 0.538. The minimum Gasteiger partial charge on any atom is -0.497 e. The Balaban J connectivity index is 1.77. The lowest BCUT2D eigenvalue weighted by Gasteiger charge is -2.32. The van der Waals surface area contributed by atoms with E-state index >= 15 is 0 Å². The number of ether oxygens (including phenoxy) is 1. The van der Waals surface area contributed by atoms with E-state index in [0.717, 1.165) is 30.0 Å². The molecule has 4 unspecified atom stereocenters. The fraction of sp³-hybridized carbons (Fsp3) is 0.667. The van der Waals surface area contributed by atoms with E-state index in [1.54, 1.807) is 7.11 Å². The van der Waals surface area contributed by atoms with E-state index in [2.05, 4.69) is 36.5 Å². The van der Waals surface area contributed by atoms with Gasteiger partial charge in [0.2, 0.25) is 0 Å². The molecule has 2 saturated carbocycles. The first-order valence-electron chi connectivity index (χ1n) is 8.19. The molecule has 0 aliphatic heterocycles. The van der Waals surface area contributed by atoms with Crippen molar-refractivity contribution in [1.82, 2.24) is 5.32 Å². The van der Waals surface area contributed by atoms with Gasteiger partial charge < -0.3 is 10.1 Å². The monoisotopic (exact) mass is 273 g/mol. The van der Waals surface area contributed by atoms with Crippen molar-refractivity contribution in [3.8, 4) is 5.75 Å². The summed E-state index contributed by atoms with van der Waals surface area (Å²) in [6, 6.07) is 9.24. The van der Waals surface area contributed by atoms with Gasteiger partial charge in [-0.25, -0.2) is 0 Å². The molecule has 2 fully saturated rings. The minimum atomic E-state index is 0.538. The van der Waals surface area contributed by atoms with Crippen LogP contribution in [0.15, 0.2) is 24.3 Å². The zero-order valence-electron chi connectivity index (χ0n) is 12.8. The fourth-order valence-electron chi connectivity index (χ4n) is 4.33. The largest absolute Gasteiger partial charge is 0.497 e. The van der Waals surface area contributed by atoms with Crippen molar-refractivity contribution in [1.29, 1.82) is 0 Å². The highest BCUT2D eigenvalue weighted by Gasteiger charge is 2.43. The molecule has 110 valence electrons. The van der Waals surface area contributed by atoms with Crippen LogP contribution in [0.5, 0.6) is 5.75 Å². The smallest absolute Gasteiger partial charge is 0.118 e. The van der Waals surface area contributed by atoms with Gasteiger partial charge in [0.15, 0.2) is 0 Å². The lowest BCUT2D eigenvalue weighted by atomic mass is 9.80. The first-order valence-corrected chi connectivity index (χ1v) is 8.19. The average Bonchev–Trinajstić information content (AvgIpc) is 3.11. The Hall–Kier alpha value is -1.02. The zero-order valence-corrected chi connectivity index (χ0v) is 12.8. The third-order valence-electron chi connectivity index (χ3n) is 5.31. The summed E-state index contributed by atoms with van der Waals surface area (Å²) in [6.45, 7) is 3.36. The zero-order chi connectivity index (χ0) is 13.9. The Kier molecular flexibility index (Phi) is 4.30. The summed E-state index contributed by atoms with van der Waals surface area (Å²) < 4.78 is 5.28. The molecule has 20 heavy (non-hydrogen) atoms. The Morgan fingerprint density at radius 3 is 2.55 bits per heavy atom. The van der Waals surface area contributed by atoms with Crippen LogP contribution in [0.2, 0.25) is 0 Å². The Bertz CT molecular complexity index is 428. The quantitative estimate of drug-likeness (QED) is 0.840. The second kappa shape index (κ2) is 6.17. The third kappa shape index (κ3) is 2.71. The lowest BCUT2D eigenvalue weighted by Crippen LogP contribution is -2.32. The molecule has 3 rings (SSSR count). The standard InChI is InChI=1S/C18H27NO/c1-3-10-19-18(14-6-8-16(20-2)9-7-14)17-12-13-4-5-15(17)11-13/h6-9,13,15,17-19H,3-5,10-12H2,1-2H3. The molecule has 2 bridgehead atoms. The topological polar surface area (TPSA) is 21.3 Å². The molecule has 2 aliphatic rings. The lowest BCUT2D eigenvalue weighted by molar-refractivity contribution is 0.251. The summed E-state index contributed by atoms with van der Waals surface area (Å²) in [5, 5.41) is 3.81. The predicted molar refractivity (Wildman–Crippen MR) is 83.0 cm³/mol. The van der Waals surface area contributed by atoms with Crippen LogP contribution in [0.3, 0.4) is 0 Å². The van der Waals surface area contributed by atoms with Gasteiger partial charge in [-0.3, -0.25) is 0 Å². The summed E-state index contributed by atoms with van der Waals surface area (Å²) >= 11 is 0. The SMILES string of the molecule is CCCNC(c1ccc(OC)cc1)C1CC2CCC1C2. The van der Waals surface area contributed by atoms with E-state index < -0.39 is 0 Å². The highest BCUT2D eigenvalue weighted by Crippen LogP contribution is 2.52. The molecule has 2 nitrogen and oxygen atoms in total. The van der Waals surface area contributed by atoms with Crippen LogP contribution >= 0.6 is 0 Å². The van der Waals surface area contributed by atoms with Gasteiger partial charge in [-0.15, -0.1) is 0 Å². The van der Waals surface area contributed by atoms with E-state index in [9.17, 15) is 0 Å². The molecule has 0 radical (unpaired) electrons. The van der Waals surface area contributed by atoms with Crippen molar-refractivity contribution < 1.29 is 4.74 Å². The van der Waals surface area contributed by atoms with Gasteiger partial charge in [-0.1, -0.05) is 25.5 Å². The number of fused-ring (bicyclic) bond motifs is 2. The molecular weight excluding hydrogens is 246 g/mol. The molecule has 0 amide bonds. The van der Waals surface area contributed by atoms with E-state index in [-0.39, 0.29) is 0 Å². The molecule has 2 heteroatoms. The van der Waals surface area contributed by atoms with E-state index in [4.69, 9.17) is 4.74 Å². The van der Waals surface area contributed by atoms with E-state index in [1.165, 1.54) is 37.7 Å². The molecule has 1 aromatic carbocycles. The van der Waals surface area contributed by atoms with E-state index in [0.29, 0.717) is 6.04 Å². The summed E-state index contributed by atoms with van der Waals surface area (Å²) in [4.78, 5) is 0. The van der Waals surface area contributed by atoms with Gasteiger partial charge >= 0.3 is 0 Å². The summed E-state index contributed by atoms with van der Waals surface area (Å²) in [5.74, 6) is 3.76. The normalized spacial score (nSPS) is 29.6. The molecule has 0 heterocycles. The second-order valence-corrected chi connectivity index (χ2v) is 6.54. The van der Waals surface area contributed by atoms with Crippen molar-refractivity contribution in [2.45, 2.75) is 45.1 Å². The van der Waals surface area contributed by atoms with Crippen molar-refractivity contribution in [2.75, 3.05) is 13.7 Å². The van der Waals surface area contributed by atoms with Crippen LogP contribution in [-0.4, -0.2) is 13.7 Å². The highest BCUT2D eigenvalue weighted by atomic mass is 16.5. The van der Waals surface area contributed by atoms with Gasteiger partial charge in [-0.2, -0.15) is 0 Å². The number of rotatable bonds is 6. The van der Waals surface area contributed by atoms with Crippen molar-refractivity contribution in [3.63, 3.8) is 0 Å². The predicted octanol–water partition coefficient (Wildman–Crippen LogP) is 4.17. The molecule has 1 aromatic rings. The average molecular weight is 273 g/mol. The van der Waals surface area contributed by atoms with Gasteiger partial charge in [-0.05, 0) is 67.7 Å². The molecular formula is C18H27NO. The maximum atomic E-state index is 5.28. The van der Waals surface area contributed by atoms with E-state index in [1.807, 2.05) is 0 Å². The maximum Gasteiger partial charge on any atom is 0.118 e. The van der Waals surface area contributed by atoms with Gasteiger partial charge in [0, 0.05) is 6.04 Å². The molecule has 4 atom stereocenters. The first kappa shape index (κ1) is 13.9. The first-order chi connectivity index (χ1) is 9.81. The number of hydrogen-bond donors (Lipinski definition) is 1. The Labute approximate surface area is 122 Å². The molecule has 2 aliphatic carbocycles. The van der Waals surface area contributed by atoms with Gasteiger partial charge in [0.1, 0.15) is 5.75 Å². The van der Waals surface area contributed by atoms with Crippen molar-refractivity contribution >= 4 is 0 Å². The van der Waals surface area contributed by atoms with Crippen LogP contribution in [0.1, 0.15) is 50.6 Å². The second-order valence-electron chi connectivity index (χ2n) is 6.54. The van der Waals surface area contributed by atoms with Crippen LogP contribution < -0.4 is 10.1 Å². The Morgan fingerprint density at radius 1 is 1.20 bits per heavy atom. The van der Waals surface area contributed by atoms with Gasteiger partial charge in [0.05, 0.1) is 7.11 Å². The third-order valence-corrected chi connectivity index (χ3v) is 5.31. The molecule has 0 aromatic heterocycles. The van der Waals surface area contributed by atoms with Crippen LogP contribution in [0.4, 0.5) is 0 Å². The van der Waals surface area contributed by atoms with Crippen molar-refractivity contribution in [2.24, 2.45) is 17.8 Å². The summed E-state index contributed by atoms with van der Waals surface area (Å²) in [7, 11) is 1.73. The molecule has 0 spiro atoms. The molecule has 0 saturated heterocycles. The summed E-state index contributed by atoms with van der Waals surface area (Å²) in [6.07, 6.45) is 7.04. The van der Waals surface area contributed by atoms with Crippen LogP contribution in [-0.2, 0) is 0 Å². The fourth-order valence-corrected chi connectivity index (χ4v) is 4.33. The van der Waals surface area contributed by atoms with Crippen LogP contribution in [0, 0.1) is 17.8 Å². The molecule has 1 N–H and O–H groups in total. The number of methoxy groups -OCH3 is 1. The van der Waals surface area contributed by atoms with Crippen molar-refractivity contribution in [3.05, 3.63) is 29.8 Å². The Morgan fingerprint density at radius 2 is 2.00 bits per heavy atom. The van der Waals surface area contributed by atoms with Crippen LogP contribution in [0.25, 0.3) is 0 Å². The number of nitrogens with one attached hydrogen (secondary N) is 1. The highest BCUT2D eigenvalue weighted by molar-refractivity contribution is 5.30.